The molecule has 0 spiro atoms. The van der Waals surface area contributed by atoms with E-state index >= 15 is 0 Å². The number of fused-ring (bicyclic) bond motifs is 2. The number of benzene rings is 4. The van der Waals surface area contributed by atoms with Crippen LogP contribution in [0.5, 0.6) is 0 Å². The van der Waals surface area contributed by atoms with E-state index in [2.05, 4.69) is 10.9 Å². The van der Waals surface area contributed by atoms with Gasteiger partial charge in [0.05, 0.1) is 0 Å². The first-order valence-corrected chi connectivity index (χ1v) is 11.4. The first-order chi connectivity index (χ1) is 16.6. The second-order valence-corrected chi connectivity index (χ2v) is 8.77. The Balaban J connectivity index is 1.46. The summed E-state index contributed by atoms with van der Waals surface area (Å²) in [6.45, 7) is 0. The first-order valence-electron chi connectivity index (χ1n) is 10.6. The minimum absolute atomic E-state index is 0.294. The molecule has 4 aromatic carbocycles. The molecule has 1 aliphatic heterocycles. The first kappa shape index (κ1) is 21.7. The third-order valence-electron chi connectivity index (χ3n) is 5.45. The van der Waals surface area contributed by atoms with Crippen molar-refractivity contribution in [3.63, 3.8) is 0 Å². The largest absolute Gasteiger partial charge is 0.269 e. The summed E-state index contributed by atoms with van der Waals surface area (Å²) in [5.74, 6) is -1.11. The minimum atomic E-state index is -0.421. The molecule has 0 unspecified atom stereocenters. The van der Waals surface area contributed by atoms with Gasteiger partial charge in [-0.2, -0.15) is 0 Å². The number of nitrogens with one attached hydrogen (secondary N) is 2. The maximum Gasteiger partial charge on any atom is 0.269 e. The highest BCUT2D eigenvalue weighted by Crippen LogP contribution is 2.42. The molecule has 0 fully saturated rings. The number of hydrazine groups is 1. The molecule has 5 rings (SSSR count). The summed E-state index contributed by atoms with van der Waals surface area (Å²) >= 11 is 1.61. The molecule has 166 valence electrons. The smallest absolute Gasteiger partial charge is 0.267 e. The Morgan fingerprint density at radius 1 is 0.676 bits per heavy atom. The van der Waals surface area contributed by atoms with Crippen LogP contribution in [0.15, 0.2) is 107 Å². The van der Waals surface area contributed by atoms with E-state index in [-0.39, 0.29) is 5.82 Å². The molecular formula is C28H19FN2O2S. The average molecular weight is 467 g/mol. The third kappa shape index (κ3) is 4.49. The molecule has 0 aromatic heterocycles. The van der Waals surface area contributed by atoms with E-state index in [1.165, 1.54) is 12.1 Å². The lowest BCUT2D eigenvalue weighted by Gasteiger charge is -2.10. The molecule has 0 saturated carbocycles. The quantitative estimate of drug-likeness (QED) is 0.323. The Hall–Kier alpha value is -4.16. The normalized spacial score (nSPS) is 12.0. The van der Waals surface area contributed by atoms with Crippen LogP contribution in [0.1, 0.15) is 37.4 Å². The molecule has 1 aliphatic rings. The van der Waals surface area contributed by atoms with Gasteiger partial charge in [0.25, 0.3) is 11.8 Å². The van der Waals surface area contributed by atoms with Crippen molar-refractivity contribution in [1.29, 1.82) is 0 Å². The monoisotopic (exact) mass is 466 g/mol. The van der Waals surface area contributed by atoms with Gasteiger partial charge in [0.1, 0.15) is 5.82 Å². The molecule has 6 heteroatoms. The number of halogens is 1. The zero-order valence-electron chi connectivity index (χ0n) is 17.9. The van der Waals surface area contributed by atoms with E-state index in [1.54, 1.807) is 60.3 Å². The van der Waals surface area contributed by atoms with Crippen molar-refractivity contribution in [3.05, 3.63) is 131 Å². The molecule has 0 radical (unpaired) electrons. The lowest BCUT2D eigenvalue weighted by atomic mass is 9.95. The molecule has 2 amide bonds. The summed E-state index contributed by atoms with van der Waals surface area (Å²) < 4.78 is 13.6. The molecule has 2 N–H and O–H groups in total. The van der Waals surface area contributed by atoms with Gasteiger partial charge in [0.2, 0.25) is 0 Å². The molecule has 4 nitrogen and oxygen atoms in total. The van der Waals surface area contributed by atoms with Crippen molar-refractivity contribution < 1.29 is 14.0 Å². The molecule has 0 saturated heterocycles. The fourth-order valence-corrected chi connectivity index (χ4v) is 4.78. The predicted molar refractivity (Wildman–Crippen MR) is 132 cm³/mol. The van der Waals surface area contributed by atoms with Crippen LogP contribution in [0.3, 0.4) is 0 Å². The van der Waals surface area contributed by atoms with Crippen molar-refractivity contribution >= 4 is 35.2 Å². The Labute approximate surface area is 200 Å². The maximum absolute atomic E-state index is 13.6. The number of hydrogen-bond acceptors (Lipinski definition) is 3. The standard InChI is InChI=1S/C28H19FN2O2S/c29-22-13-10-18(11-14-22)24-17-21-16-20(12-15-25(21)34-26-9-5-4-8-23(24)26)28(33)31-30-27(32)19-6-2-1-3-7-19/h1-17H,(H,30,32)(H,31,33). The van der Waals surface area contributed by atoms with Gasteiger partial charge in [-0.15, -0.1) is 0 Å². The number of hydrogen-bond donors (Lipinski definition) is 2. The van der Waals surface area contributed by atoms with E-state index in [9.17, 15) is 14.0 Å². The van der Waals surface area contributed by atoms with Gasteiger partial charge in [-0.1, -0.05) is 60.3 Å². The van der Waals surface area contributed by atoms with Crippen molar-refractivity contribution in [2.45, 2.75) is 9.79 Å². The number of carbonyl (C=O) groups excluding carboxylic acids is 2. The fourth-order valence-electron chi connectivity index (χ4n) is 3.74. The van der Waals surface area contributed by atoms with Gasteiger partial charge in [0, 0.05) is 20.9 Å². The van der Waals surface area contributed by atoms with E-state index in [0.29, 0.717) is 11.1 Å². The number of amides is 2. The van der Waals surface area contributed by atoms with Gasteiger partial charge < -0.3 is 0 Å². The van der Waals surface area contributed by atoms with Gasteiger partial charge >= 0.3 is 0 Å². The lowest BCUT2D eigenvalue weighted by molar-refractivity contribution is 0.0846. The topological polar surface area (TPSA) is 58.2 Å². The van der Waals surface area contributed by atoms with E-state index in [0.717, 1.165) is 32.1 Å². The van der Waals surface area contributed by atoms with Crippen molar-refractivity contribution in [2.75, 3.05) is 0 Å². The highest BCUT2D eigenvalue weighted by atomic mass is 32.2. The number of carbonyl (C=O) groups is 2. The second kappa shape index (κ2) is 9.37. The summed E-state index contributed by atoms with van der Waals surface area (Å²) in [6.07, 6.45) is 2.01. The average Bonchev–Trinajstić information content (AvgIpc) is 3.04. The molecular weight excluding hydrogens is 447 g/mol. The summed E-state index contributed by atoms with van der Waals surface area (Å²) in [4.78, 5) is 27.1. The molecule has 0 bridgehead atoms. The van der Waals surface area contributed by atoms with Crippen molar-refractivity contribution in [1.82, 2.24) is 10.9 Å². The van der Waals surface area contributed by atoms with Crippen LogP contribution in [0.4, 0.5) is 4.39 Å². The summed E-state index contributed by atoms with van der Waals surface area (Å²) in [5.41, 5.74) is 9.51. The molecule has 1 heterocycles. The van der Waals surface area contributed by atoms with Gasteiger partial charge in [0.15, 0.2) is 0 Å². The van der Waals surface area contributed by atoms with Crippen LogP contribution >= 0.6 is 11.8 Å². The third-order valence-corrected chi connectivity index (χ3v) is 6.62. The van der Waals surface area contributed by atoms with Crippen LogP contribution in [0.25, 0.3) is 11.6 Å². The van der Waals surface area contributed by atoms with Gasteiger partial charge in [-0.05, 0) is 76.9 Å². The van der Waals surface area contributed by atoms with Crippen LogP contribution in [-0.4, -0.2) is 11.8 Å². The van der Waals surface area contributed by atoms with Crippen molar-refractivity contribution in [3.8, 4) is 0 Å². The molecule has 4 aromatic rings. The highest BCUT2D eigenvalue weighted by Gasteiger charge is 2.19. The van der Waals surface area contributed by atoms with Gasteiger partial charge in [-0.25, -0.2) is 4.39 Å². The minimum Gasteiger partial charge on any atom is -0.267 e. The summed E-state index contributed by atoms with van der Waals surface area (Å²) in [5, 5.41) is 0. The second-order valence-electron chi connectivity index (χ2n) is 7.69. The van der Waals surface area contributed by atoms with E-state index in [1.807, 2.05) is 42.5 Å². The molecule has 0 aliphatic carbocycles. The fraction of sp³-hybridized carbons (Fsp3) is 0. The van der Waals surface area contributed by atoms with Crippen LogP contribution in [0.2, 0.25) is 0 Å². The Morgan fingerprint density at radius 3 is 2.12 bits per heavy atom. The van der Waals surface area contributed by atoms with Gasteiger partial charge in [-0.3, -0.25) is 20.4 Å². The highest BCUT2D eigenvalue weighted by molar-refractivity contribution is 7.99. The van der Waals surface area contributed by atoms with E-state index < -0.39 is 11.8 Å². The zero-order chi connectivity index (χ0) is 23.5. The summed E-state index contributed by atoms with van der Waals surface area (Å²) in [7, 11) is 0. The number of rotatable bonds is 3. The maximum atomic E-state index is 13.6. The Kier molecular flexibility index (Phi) is 5.97. The lowest BCUT2D eigenvalue weighted by Crippen LogP contribution is -2.41. The van der Waals surface area contributed by atoms with E-state index in [4.69, 9.17) is 0 Å². The Morgan fingerprint density at radius 2 is 1.35 bits per heavy atom. The van der Waals surface area contributed by atoms with Crippen LogP contribution in [-0.2, 0) is 0 Å². The molecule has 34 heavy (non-hydrogen) atoms. The zero-order valence-corrected chi connectivity index (χ0v) is 18.7. The van der Waals surface area contributed by atoms with Crippen LogP contribution in [0, 0.1) is 5.82 Å². The predicted octanol–water partition coefficient (Wildman–Crippen LogP) is 5.95. The van der Waals surface area contributed by atoms with Crippen molar-refractivity contribution in [2.24, 2.45) is 0 Å². The summed E-state index contributed by atoms with van der Waals surface area (Å²) in [6, 6.07) is 28.5. The van der Waals surface area contributed by atoms with Crippen LogP contribution < -0.4 is 10.9 Å². The SMILES string of the molecule is O=C(NNC(=O)c1ccc2c(c1)C=C(c1ccc(F)cc1)c1ccccc1S2)c1ccccc1. The molecule has 0 atom stereocenters. The Bertz CT molecular complexity index is 1420.